The third kappa shape index (κ3) is 3.11. The molecule has 1 atom stereocenters. The molecule has 2 saturated heterocycles. The van der Waals surface area contributed by atoms with Crippen LogP contribution in [0.25, 0.3) is 0 Å². The van der Waals surface area contributed by atoms with E-state index in [1.165, 1.54) is 0 Å². The van der Waals surface area contributed by atoms with Gasteiger partial charge in [0, 0.05) is 38.3 Å². The van der Waals surface area contributed by atoms with Gasteiger partial charge in [-0.3, -0.25) is 9.69 Å². The van der Waals surface area contributed by atoms with Crippen LogP contribution in [0.2, 0.25) is 0 Å². The monoisotopic (exact) mass is 313 g/mol. The van der Waals surface area contributed by atoms with E-state index in [1.54, 1.807) is 17.9 Å². The molecule has 0 bridgehead atoms. The number of nitrogens with zero attached hydrogens (tertiary/aromatic N) is 3. The number of hydrogen-bond acceptors (Lipinski definition) is 6. The lowest BCUT2D eigenvalue weighted by molar-refractivity contribution is 0.0550. The SMILES string of the molecule is Cc1cc(C(=O)N2CCN(C3CCS(=O)(=O)C3)CC2)on1. The van der Waals surface area contributed by atoms with Crippen LogP contribution in [-0.4, -0.2) is 73.0 Å². The van der Waals surface area contributed by atoms with Crippen LogP contribution in [0, 0.1) is 6.92 Å². The van der Waals surface area contributed by atoms with E-state index in [0.717, 1.165) is 0 Å². The molecule has 1 aromatic heterocycles. The first-order valence-corrected chi connectivity index (χ1v) is 8.94. The maximum absolute atomic E-state index is 12.2. The molecule has 116 valence electrons. The highest BCUT2D eigenvalue weighted by Crippen LogP contribution is 2.20. The summed E-state index contributed by atoms with van der Waals surface area (Å²) in [6.07, 6.45) is 0.706. The van der Waals surface area contributed by atoms with E-state index >= 15 is 0 Å². The van der Waals surface area contributed by atoms with Gasteiger partial charge in [-0.1, -0.05) is 5.16 Å². The average Bonchev–Trinajstić information content (AvgIpc) is 3.04. The molecular formula is C13H19N3O4S. The molecule has 21 heavy (non-hydrogen) atoms. The molecule has 7 nitrogen and oxygen atoms in total. The second kappa shape index (κ2) is 5.42. The van der Waals surface area contributed by atoms with Gasteiger partial charge in [0.2, 0.25) is 5.76 Å². The van der Waals surface area contributed by atoms with Crippen LogP contribution in [0.3, 0.4) is 0 Å². The molecule has 1 aromatic rings. The van der Waals surface area contributed by atoms with Crippen molar-refractivity contribution in [3.8, 4) is 0 Å². The molecule has 8 heteroatoms. The lowest BCUT2D eigenvalue weighted by Gasteiger charge is -2.37. The summed E-state index contributed by atoms with van der Waals surface area (Å²) >= 11 is 0. The first kappa shape index (κ1) is 14.5. The Hall–Kier alpha value is -1.41. The van der Waals surface area contributed by atoms with Crippen LogP contribution in [0.5, 0.6) is 0 Å². The zero-order chi connectivity index (χ0) is 15.0. The fourth-order valence-corrected chi connectivity index (χ4v) is 4.74. The zero-order valence-electron chi connectivity index (χ0n) is 12.0. The number of carbonyl (C=O) groups is 1. The molecule has 0 N–H and O–H groups in total. The fraction of sp³-hybridized carbons (Fsp3) is 0.692. The van der Waals surface area contributed by atoms with Gasteiger partial charge in [-0.15, -0.1) is 0 Å². The molecule has 0 saturated carbocycles. The number of amides is 1. The Labute approximate surface area is 123 Å². The number of hydrogen-bond donors (Lipinski definition) is 0. The van der Waals surface area contributed by atoms with E-state index in [9.17, 15) is 13.2 Å². The molecule has 1 unspecified atom stereocenters. The van der Waals surface area contributed by atoms with E-state index in [1.807, 2.05) is 0 Å². The molecule has 2 aliphatic rings. The predicted octanol–water partition coefficient (Wildman–Crippen LogP) is -0.0721. The number of carbonyl (C=O) groups excluding carboxylic acids is 1. The molecule has 0 spiro atoms. The summed E-state index contributed by atoms with van der Waals surface area (Å²) in [7, 11) is -2.86. The molecule has 0 radical (unpaired) electrons. The van der Waals surface area contributed by atoms with Gasteiger partial charge in [0.15, 0.2) is 9.84 Å². The van der Waals surface area contributed by atoms with Crippen molar-refractivity contribution in [1.29, 1.82) is 0 Å². The summed E-state index contributed by atoms with van der Waals surface area (Å²) in [6.45, 7) is 4.38. The zero-order valence-corrected chi connectivity index (χ0v) is 12.8. The van der Waals surface area contributed by atoms with Crippen molar-refractivity contribution < 1.29 is 17.7 Å². The molecule has 2 fully saturated rings. The second-order valence-electron chi connectivity index (χ2n) is 5.72. The quantitative estimate of drug-likeness (QED) is 0.760. The summed E-state index contributed by atoms with van der Waals surface area (Å²) < 4.78 is 28.1. The fourth-order valence-electron chi connectivity index (χ4n) is 2.97. The first-order valence-electron chi connectivity index (χ1n) is 7.12. The van der Waals surface area contributed by atoms with Crippen molar-refractivity contribution in [2.24, 2.45) is 0 Å². The van der Waals surface area contributed by atoms with Crippen LogP contribution < -0.4 is 0 Å². The largest absolute Gasteiger partial charge is 0.351 e. The van der Waals surface area contributed by atoms with Crippen molar-refractivity contribution >= 4 is 15.7 Å². The third-order valence-corrected chi connectivity index (χ3v) is 5.92. The normalized spacial score (nSPS) is 26.1. The maximum atomic E-state index is 12.2. The Morgan fingerprint density at radius 2 is 2.05 bits per heavy atom. The lowest BCUT2D eigenvalue weighted by Crippen LogP contribution is -2.52. The summed E-state index contributed by atoms with van der Waals surface area (Å²) in [6, 6.07) is 1.75. The van der Waals surface area contributed by atoms with Crippen molar-refractivity contribution in [2.75, 3.05) is 37.7 Å². The Morgan fingerprint density at radius 1 is 1.33 bits per heavy atom. The van der Waals surface area contributed by atoms with Gasteiger partial charge in [0.1, 0.15) is 0 Å². The molecule has 3 heterocycles. The van der Waals surface area contributed by atoms with Gasteiger partial charge in [0.25, 0.3) is 5.91 Å². The Balaban J connectivity index is 1.57. The van der Waals surface area contributed by atoms with E-state index in [2.05, 4.69) is 10.1 Å². The van der Waals surface area contributed by atoms with Crippen molar-refractivity contribution in [2.45, 2.75) is 19.4 Å². The molecular weight excluding hydrogens is 294 g/mol. The minimum atomic E-state index is -2.86. The van der Waals surface area contributed by atoms with Gasteiger partial charge < -0.3 is 9.42 Å². The van der Waals surface area contributed by atoms with Gasteiger partial charge in [-0.25, -0.2) is 8.42 Å². The van der Waals surface area contributed by atoms with E-state index < -0.39 is 9.84 Å². The number of sulfone groups is 1. The van der Waals surface area contributed by atoms with Crippen LogP contribution in [0.4, 0.5) is 0 Å². The lowest BCUT2D eigenvalue weighted by atomic mass is 10.2. The summed E-state index contributed by atoms with van der Waals surface area (Å²) in [5.41, 5.74) is 0.688. The maximum Gasteiger partial charge on any atom is 0.292 e. The Kier molecular flexibility index (Phi) is 3.75. The molecule has 3 rings (SSSR count). The van der Waals surface area contributed by atoms with E-state index in [0.29, 0.717) is 38.3 Å². The highest BCUT2D eigenvalue weighted by Gasteiger charge is 2.34. The van der Waals surface area contributed by atoms with Crippen LogP contribution >= 0.6 is 0 Å². The van der Waals surface area contributed by atoms with Gasteiger partial charge in [0.05, 0.1) is 17.2 Å². The number of piperazine rings is 1. The summed E-state index contributed by atoms with van der Waals surface area (Å²) in [5.74, 6) is 0.662. The Bertz CT molecular complexity index is 632. The van der Waals surface area contributed by atoms with Gasteiger partial charge in [-0.2, -0.15) is 0 Å². The molecule has 0 aromatic carbocycles. The number of aromatic nitrogens is 1. The van der Waals surface area contributed by atoms with Crippen molar-refractivity contribution in [3.05, 3.63) is 17.5 Å². The smallest absolute Gasteiger partial charge is 0.292 e. The number of aryl methyl sites for hydroxylation is 1. The average molecular weight is 313 g/mol. The predicted molar refractivity (Wildman–Crippen MR) is 75.8 cm³/mol. The standard InChI is InChI=1S/C13H19N3O4S/c1-10-8-12(20-14-10)13(17)16-5-3-15(4-6-16)11-2-7-21(18,19)9-11/h8,11H,2-7,9H2,1H3. The van der Waals surface area contributed by atoms with Crippen LogP contribution in [0.1, 0.15) is 22.7 Å². The van der Waals surface area contributed by atoms with Crippen molar-refractivity contribution in [1.82, 2.24) is 15.0 Å². The van der Waals surface area contributed by atoms with Crippen LogP contribution in [0.15, 0.2) is 10.6 Å². The Morgan fingerprint density at radius 3 is 2.57 bits per heavy atom. The van der Waals surface area contributed by atoms with E-state index in [4.69, 9.17) is 4.52 Å². The van der Waals surface area contributed by atoms with Crippen molar-refractivity contribution in [3.63, 3.8) is 0 Å². The number of rotatable bonds is 2. The topological polar surface area (TPSA) is 83.7 Å². The molecule has 1 amide bonds. The van der Waals surface area contributed by atoms with Crippen LogP contribution in [-0.2, 0) is 9.84 Å². The molecule has 2 aliphatic heterocycles. The van der Waals surface area contributed by atoms with Gasteiger partial charge >= 0.3 is 0 Å². The minimum Gasteiger partial charge on any atom is -0.351 e. The minimum absolute atomic E-state index is 0.111. The first-order chi connectivity index (χ1) is 9.94. The van der Waals surface area contributed by atoms with Gasteiger partial charge in [-0.05, 0) is 13.3 Å². The highest BCUT2D eigenvalue weighted by molar-refractivity contribution is 7.91. The second-order valence-corrected chi connectivity index (χ2v) is 7.95. The third-order valence-electron chi connectivity index (χ3n) is 4.17. The summed E-state index contributed by atoms with van der Waals surface area (Å²) in [5, 5.41) is 3.73. The highest BCUT2D eigenvalue weighted by atomic mass is 32.2. The summed E-state index contributed by atoms with van der Waals surface area (Å²) in [4.78, 5) is 16.1. The van der Waals surface area contributed by atoms with E-state index in [-0.39, 0.29) is 29.2 Å². The molecule has 0 aliphatic carbocycles.